The van der Waals surface area contributed by atoms with E-state index < -0.39 is 31.2 Å². The summed E-state index contributed by atoms with van der Waals surface area (Å²) < 4.78 is 8.88. The number of fused-ring (bicyclic) bond motifs is 1. The molecule has 2 fully saturated rings. The van der Waals surface area contributed by atoms with Crippen LogP contribution < -0.4 is 0 Å². The van der Waals surface area contributed by atoms with Gasteiger partial charge >= 0.3 is 7.82 Å². The van der Waals surface area contributed by atoms with Crippen LogP contribution >= 0.6 is 7.82 Å². The Kier molecular flexibility index (Phi) is 4.26. The minimum absolute atomic E-state index is 0.0655. The molecule has 1 saturated heterocycles. The monoisotopic (exact) mass is 283 g/mol. The van der Waals surface area contributed by atoms with Crippen LogP contribution in [0, 0.1) is 5.92 Å². The first kappa shape index (κ1) is 15.2. The summed E-state index contributed by atoms with van der Waals surface area (Å²) >= 11 is 0. The van der Waals surface area contributed by atoms with Gasteiger partial charge in [-0.3, -0.25) is 14.8 Å². The van der Waals surface area contributed by atoms with Crippen molar-refractivity contribution in [2.45, 2.75) is 31.3 Å². The van der Waals surface area contributed by atoms with E-state index in [4.69, 9.17) is 24.5 Å². The highest BCUT2D eigenvalue weighted by atomic mass is 31.2. The van der Waals surface area contributed by atoms with Crippen molar-refractivity contribution in [3.05, 3.63) is 0 Å². The second-order valence-corrected chi connectivity index (χ2v) is 5.22. The third-order valence-electron chi connectivity index (χ3n) is 2.95. The van der Waals surface area contributed by atoms with E-state index >= 15 is 0 Å². The normalized spacial score (nSPS) is 31.8. The van der Waals surface area contributed by atoms with Gasteiger partial charge in [0.15, 0.2) is 5.60 Å². The van der Waals surface area contributed by atoms with Gasteiger partial charge < -0.3 is 19.8 Å². The molecule has 0 bridgehead atoms. The molecule has 2 amide bonds. The number of carbonyl (C=O) groups excluding carboxylic acids is 2. The summed E-state index contributed by atoms with van der Waals surface area (Å²) in [5.74, 6) is -2.24. The predicted molar refractivity (Wildman–Crippen MR) is 54.8 cm³/mol. The Bertz CT molecular complexity index is 398. The number of phosphoric acid groups is 1. The van der Waals surface area contributed by atoms with Gasteiger partial charge in [0.2, 0.25) is 0 Å². The van der Waals surface area contributed by atoms with E-state index in [0.29, 0.717) is 6.42 Å². The maximum absolute atomic E-state index is 11.3. The Balaban J connectivity index is 0.000000280. The number of rotatable bonds is 0. The maximum atomic E-state index is 11.3. The molecule has 18 heavy (non-hydrogen) atoms. The van der Waals surface area contributed by atoms with E-state index in [2.05, 4.69) is 0 Å². The minimum Gasteiger partial charge on any atom is -0.379 e. The Morgan fingerprint density at radius 2 is 1.72 bits per heavy atom. The van der Waals surface area contributed by atoms with E-state index in [-0.39, 0.29) is 11.5 Å². The average molecular weight is 283 g/mol. The molecular formula is C8H14NO8P. The quantitative estimate of drug-likeness (QED) is 0.209. The van der Waals surface area contributed by atoms with Gasteiger partial charge in [-0.25, -0.2) is 4.57 Å². The average Bonchev–Trinajstić information content (AvgIpc) is 2.39. The van der Waals surface area contributed by atoms with Crippen LogP contribution in [-0.2, 0) is 14.2 Å². The predicted octanol–water partition coefficient (Wildman–Crippen LogP) is -1.26. The molecule has 1 aliphatic carbocycles. The van der Waals surface area contributed by atoms with Crippen LogP contribution in [0.25, 0.3) is 0 Å². The van der Waals surface area contributed by atoms with E-state index in [1.165, 1.54) is 0 Å². The molecule has 9 nitrogen and oxygen atoms in total. The van der Waals surface area contributed by atoms with Crippen LogP contribution in [0.5, 0.6) is 0 Å². The third kappa shape index (κ3) is 3.14. The molecule has 10 heteroatoms. The molecule has 0 radical (unpaired) electrons. The molecule has 2 aliphatic rings. The zero-order valence-corrected chi connectivity index (χ0v) is 10.2. The van der Waals surface area contributed by atoms with Gasteiger partial charge in [0.1, 0.15) is 0 Å². The summed E-state index contributed by atoms with van der Waals surface area (Å²) in [6, 6.07) is 0. The molecule has 0 aromatic rings. The molecular weight excluding hydrogens is 269 g/mol. The number of hydroxylamine groups is 2. The van der Waals surface area contributed by atoms with Crippen molar-refractivity contribution in [3.8, 4) is 0 Å². The van der Waals surface area contributed by atoms with Crippen molar-refractivity contribution in [1.82, 2.24) is 5.06 Å². The van der Waals surface area contributed by atoms with Gasteiger partial charge in [-0.15, -0.1) is 0 Å². The smallest absolute Gasteiger partial charge is 0.379 e. The fraction of sp³-hybridized carbons (Fsp3) is 0.750. The SMILES string of the molecule is O=C1C2CCCCC2(O)C(=O)N1O.O=P(O)(O)O. The van der Waals surface area contributed by atoms with Crippen LogP contribution in [-0.4, -0.2) is 47.5 Å². The highest BCUT2D eigenvalue weighted by molar-refractivity contribution is 7.45. The second kappa shape index (κ2) is 5.04. The maximum Gasteiger partial charge on any atom is 0.466 e. The van der Waals surface area contributed by atoms with E-state index in [1.807, 2.05) is 0 Å². The molecule has 104 valence electrons. The Morgan fingerprint density at radius 3 is 2.17 bits per heavy atom. The lowest BCUT2D eigenvalue weighted by molar-refractivity contribution is -0.177. The number of carbonyl (C=O) groups is 2. The van der Waals surface area contributed by atoms with Gasteiger partial charge in [0.25, 0.3) is 11.8 Å². The Hall–Kier alpha value is -0.830. The number of hydrogen-bond donors (Lipinski definition) is 5. The Morgan fingerprint density at radius 1 is 1.22 bits per heavy atom. The topological polar surface area (TPSA) is 156 Å². The first-order chi connectivity index (χ1) is 8.07. The second-order valence-electron chi connectivity index (χ2n) is 4.19. The number of nitrogens with zero attached hydrogens (tertiary/aromatic N) is 1. The lowest BCUT2D eigenvalue weighted by Crippen LogP contribution is -2.44. The molecule has 2 atom stereocenters. The summed E-state index contributed by atoms with van der Waals surface area (Å²) in [5.41, 5.74) is -1.62. The van der Waals surface area contributed by atoms with Crippen molar-refractivity contribution < 1.29 is 39.1 Å². The lowest BCUT2D eigenvalue weighted by Gasteiger charge is -2.29. The summed E-state index contributed by atoms with van der Waals surface area (Å²) in [7, 11) is -4.64. The van der Waals surface area contributed by atoms with Crippen molar-refractivity contribution in [2.24, 2.45) is 5.92 Å². The van der Waals surface area contributed by atoms with Crippen LogP contribution in [0.3, 0.4) is 0 Å². The van der Waals surface area contributed by atoms with Gasteiger partial charge in [0.05, 0.1) is 5.92 Å². The number of imide groups is 1. The fourth-order valence-electron chi connectivity index (χ4n) is 2.17. The van der Waals surface area contributed by atoms with Gasteiger partial charge in [-0.05, 0) is 19.3 Å². The summed E-state index contributed by atoms with van der Waals surface area (Å²) in [6.45, 7) is 0. The molecule has 2 unspecified atom stereocenters. The molecule has 5 N–H and O–H groups in total. The van der Waals surface area contributed by atoms with Crippen LogP contribution in [0.15, 0.2) is 0 Å². The highest BCUT2D eigenvalue weighted by Crippen LogP contribution is 2.40. The van der Waals surface area contributed by atoms with Crippen LogP contribution in [0.1, 0.15) is 25.7 Å². The molecule has 0 spiro atoms. The van der Waals surface area contributed by atoms with Gasteiger partial charge in [-0.1, -0.05) is 6.42 Å². The first-order valence-electron chi connectivity index (χ1n) is 5.15. The van der Waals surface area contributed by atoms with Crippen LogP contribution in [0.2, 0.25) is 0 Å². The standard InChI is InChI=1S/C8H11NO4.H3O4P/c10-6-5-3-1-2-4-8(5,12)7(11)9(6)13;1-5(2,3)4/h5,12-13H,1-4H2;(H3,1,2,3,4). The van der Waals surface area contributed by atoms with E-state index in [0.717, 1.165) is 12.8 Å². The largest absolute Gasteiger partial charge is 0.466 e. The lowest BCUT2D eigenvalue weighted by atomic mass is 9.77. The summed E-state index contributed by atoms with van der Waals surface area (Å²) in [6.07, 6.45) is 2.30. The number of aliphatic hydroxyl groups is 1. The van der Waals surface area contributed by atoms with Crippen molar-refractivity contribution in [2.75, 3.05) is 0 Å². The van der Waals surface area contributed by atoms with Crippen molar-refractivity contribution >= 4 is 19.6 Å². The molecule has 1 saturated carbocycles. The zero-order chi connectivity index (χ0) is 14.1. The highest BCUT2D eigenvalue weighted by Gasteiger charge is 2.59. The van der Waals surface area contributed by atoms with Crippen molar-refractivity contribution in [1.29, 1.82) is 0 Å². The molecule has 0 aromatic heterocycles. The van der Waals surface area contributed by atoms with Crippen molar-refractivity contribution in [3.63, 3.8) is 0 Å². The number of amides is 2. The zero-order valence-electron chi connectivity index (χ0n) is 9.26. The molecule has 1 aliphatic heterocycles. The van der Waals surface area contributed by atoms with Gasteiger partial charge in [-0.2, -0.15) is 5.06 Å². The fourth-order valence-corrected chi connectivity index (χ4v) is 2.17. The minimum atomic E-state index is -4.64. The summed E-state index contributed by atoms with van der Waals surface area (Å²) in [5, 5.41) is 19.0. The molecule has 0 aromatic carbocycles. The van der Waals surface area contributed by atoms with E-state index in [1.54, 1.807) is 0 Å². The summed E-state index contributed by atoms with van der Waals surface area (Å²) in [4.78, 5) is 44.1. The molecule has 2 rings (SSSR count). The number of hydrogen-bond acceptors (Lipinski definition) is 5. The molecule has 1 heterocycles. The van der Waals surface area contributed by atoms with Crippen LogP contribution in [0.4, 0.5) is 0 Å². The van der Waals surface area contributed by atoms with Gasteiger partial charge in [0, 0.05) is 0 Å². The third-order valence-corrected chi connectivity index (χ3v) is 2.95. The first-order valence-corrected chi connectivity index (χ1v) is 6.72. The Labute approximate surface area is 102 Å². The van der Waals surface area contributed by atoms with E-state index in [9.17, 15) is 14.7 Å².